The second-order valence-corrected chi connectivity index (χ2v) is 5.20. The fraction of sp³-hybridized carbons (Fsp3) is 0.0714. The first kappa shape index (κ1) is 14.2. The van der Waals surface area contributed by atoms with Crippen LogP contribution in [0.5, 0.6) is 0 Å². The molecule has 0 aliphatic heterocycles. The Morgan fingerprint density at radius 1 is 1.32 bits per heavy atom. The molecule has 0 radical (unpaired) electrons. The molecule has 3 rings (SSSR count). The Bertz CT molecular complexity index is 771. The third-order valence-corrected chi connectivity index (χ3v) is 3.53. The van der Waals surface area contributed by atoms with Crippen molar-refractivity contribution in [3.8, 4) is 5.69 Å². The van der Waals surface area contributed by atoms with E-state index in [1.54, 1.807) is 34.3 Å². The average Bonchev–Trinajstić information content (AvgIpc) is 3.18. The van der Waals surface area contributed by atoms with E-state index >= 15 is 0 Å². The molecule has 2 amide bonds. The van der Waals surface area contributed by atoms with E-state index in [0.29, 0.717) is 5.69 Å². The number of carbonyl (C=O) groups is 1. The van der Waals surface area contributed by atoms with E-state index in [0.717, 1.165) is 5.69 Å². The summed E-state index contributed by atoms with van der Waals surface area (Å²) in [5.41, 5.74) is 1.65. The fourth-order valence-corrected chi connectivity index (χ4v) is 2.42. The number of urea groups is 1. The number of rotatable bonds is 4. The molecule has 0 atom stereocenters. The molecule has 0 unspecified atom stereocenters. The van der Waals surface area contributed by atoms with Gasteiger partial charge in [0, 0.05) is 5.38 Å². The monoisotopic (exact) mass is 317 g/mol. The van der Waals surface area contributed by atoms with Crippen molar-refractivity contribution >= 4 is 23.1 Å². The molecule has 112 valence electrons. The minimum absolute atomic E-state index is 0.127. The van der Waals surface area contributed by atoms with Crippen LogP contribution in [0.25, 0.3) is 5.69 Å². The second-order valence-electron chi connectivity index (χ2n) is 4.42. The van der Waals surface area contributed by atoms with Gasteiger partial charge in [0.25, 0.3) is 0 Å². The van der Waals surface area contributed by atoms with Crippen LogP contribution in [0.2, 0.25) is 0 Å². The minimum Gasteiger partial charge on any atom is -0.332 e. The molecule has 2 aromatic heterocycles. The Hall–Kier alpha value is -2.74. The standard InChI is InChI=1S/C14H12FN5OS/c15-12-3-1-2-4-13(12)17-14(21)16-7-10-8-20(19-18-10)11-5-6-22-9-11/h1-6,8-9H,7H2,(H2,16,17,21). The number of amides is 2. The second kappa shape index (κ2) is 6.35. The molecule has 2 N–H and O–H groups in total. The zero-order valence-corrected chi connectivity index (χ0v) is 12.2. The van der Waals surface area contributed by atoms with Gasteiger partial charge in [0.15, 0.2) is 0 Å². The minimum atomic E-state index is -0.504. The Kier molecular flexibility index (Phi) is 4.10. The molecule has 0 aliphatic carbocycles. The topological polar surface area (TPSA) is 71.8 Å². The maximum absolute atomic E-state index is 13.4. The number of thiophene rings is 1. The summed E-state index contributed by atoms with van der Waals surface area (Å²) in [5.74, 6) is -0.485. The summed E-state index contributed by atoms with van der Waals surface area (Å²) in [6.07, 6.45) is 1.73. The normalized spacial score (nSPS) is 10.4. The first-order chi connectivity index (χ1) is 10.7. The number of anilines is 1. The number of nitrogens with zero attached hydrogens (tertiary/aromatic N) is 3. The highest BCUT2D eigenvalue weighted by Crippen LogP contribution is 2.12. The Labute approximate surface area is 129 Å². The van der Waals surface area contributed by atoms with Crippen molar-refractivity contribution in [3.63, 3.8) is 0 Å². The summed E-state index contributed by atoms with van der Waals surface area (Å²) in [7, 11) is 0. The SMILES string of the molecule is O=C(NCc1cn(-c2ccsc2)nn1)Nc1ccccc1F. The first-order valence-electron chi connectivity index (χ1n) is 6.45. The van der Waals surface area contributed by atoms with E-state index in [9.17, 15) is 9.18 Å². The summed E-state index contributed by atoms with van der Waals surface area (Å²) >= 11 is 1.56. The predicted octanol–water partition coefficient (Wildman–Crippen LogP) is 2.79. The summed E-state index contributed by atoms with van der Waals surface area (Å²) in [6.45, 7) is 0.199. The molecule has 6 nitrogen and oxygen atoms in total. The van der Waals surface area contributed by atoms with Crippen molar-refractivity contribution in [3.05, 3.63) is 58.8 Å². The molecule has 0 fully saturated rings. The molecule has 0 saturated carbocycles. The van der Waals surface area contributed by atoms with Gasteiger partial charge in [-0.1, -0.05) is 17.3 Å². The van der Waals surface area contributed by atoms with Crippen LogP contribution in [-0.4, -0.2) is 21.0 Å². The van der Waals surface area contributed by atoms with Gasteiger partial charge in [-0.15, -0.1) is 5.10 Å². The van der Waals surface area contributed by atoms with Gasteiger partial charge >= 0.3 is 6.03 Å². The van der Waals surface area contributed by atoms with Gasteiger partial charge in [0.1, 0.15) is 11.5 Å². The first-order valence-corrected chi connectivity index (χ1v) is 7.40. The molecule has 0 bridgehead atoms. The van der Waals surface area contributed by atoms with Crippen LogP contribution in [-0.2, 0) is 6.54 Å². The van der Waals surface area contributed by atoms with Gasteiger partial charge < -0.3 is 10.6 Å². The number of hydrogen-bond acceptors (Lipinski definition) is 4. The number of benzene rings is 1. The zero-order chi connectivity index (χ0) is 15.4. The van der Waals surface area contributed by atoms with E-state index < -0.39 is 11.8 Å². The molecule has 1 aromatic carbocycles. The zero-order valence-electron chi connectivity index (χ0n) is 11.4. The number of nitrogens with one attached hydrogen (secondary N) is 2. The molecule has 3 aromatic rings. The number of para-hydroxylation sites is 1. The molecule has 8 heteroatoms. The van der Waals surface area contributed by atoms with Crippen LogP contribution in [0.4, 0.5) is 14.9 Å². The summed E-state index contributed by atoms with van der Waals surface area (Å²) < 4.78 is 15.0. The number of aromatic nitrogens is 3. The van der Waals surface area contributed by atoms with Crippen LogP contribution >= 0.6 is 11.3 Å². The maximum atomic E-state index is 13.4. The van der Waals surface area contributed by atoms with Crippen LogP contribution < -0.4 is 10.6 Å². The lowest BCUT2D eigenvalue weighted by molar-refractivity contribution is 0.251. The lowest BCUT2D eigenvalue weighted by atomic mass is 10.3. The molecular weight excluding hydrogens is 305 g/mol. The number of carbonyl (C=O) groups excluding carboxylic acids is 1. The van der Waals surface area contributed by atoms with E-state index in [1.807, 2.05) is 16.8 Å². The molecule has 0 aliphatic rings. The summed E-state index contributed by atoms with van der Waals surface area (Å²) in [5, 5.41) is 16.9. The summed E-state index contributed by atoms with van der Waals surface area (Å²) in [4.78, 5) is 11.7. The van der Waals surface area contributed by atoms with Crippen LogP contribution in [0.15, 0.2) is 47.3 Å². The molecular formula is C14H12FN5OS. The Morgan fingerprint density at radius 3 is 2.95 bits per heavy atom. The highest BCUT2D eigenvalue weighted by molar-refractivity contribution is 7.08. The van der Waals surface area contributed by atoms with Crippen LogP contribution in [0.3, 0.4) is 0 Å². The van der Waals surface area contributed by atoms with E-state index in [1.165, 1.54) is 12.1 Å². The van der Waals surface area contributed by atoms with E-state index in [4.69, 9.17) is 0 Å². The molecule has 22 heavy (non-hydrogen) atoms. The highest BCUT2D eigenvalue weighted by atomic mass is 32.1. The van der Waals surface area contributed by atoms with Gasteiger partial charge in [0.05, 0.1) is 24.1 Å². The van der Waals surface area contributed by atoms with Crippen molar-refractivity contribution < 1.29 is 9.18 Å². The van der Waals surface area contributed by atoms with Crippen LogP contribution in [0.1, 0.15) is 5.69 Å². The van der Waals surface area contributed by atoms with Crippen molar-refractivity contribution in [2.75, 3.05) is 5.32 Å². The maximum Gasteiger partial charge on any atom is 0.319 e. The molecule has 0 saturated heterocycles. The molecule has 2 heterocycles. The van der Waals surface area contributed by atoms with Gasteiger partial charge in [-0.2, -0.15) is 11.3 Å². The highest BCUT2D eigenvalue weighted by Gasteiger charge is 2.07. The largest absolute Gasteiger partial charge is 0.332 e. The van der Waals surface area contributed by atoms with Crippen molar-refractivity contribution in [2.24, 2.45) is 0 Å². The summed E-state index contributed by atoms with van der Waals surface area (Å²) in [6, 6.07) is 7.38. The lowest BCUT2D eigenvalue weighted by Gasteiger charge is -2.06. The predicted molar refractivity (Wildman–Crippen MR) is 81.5 cm³/mol. The number of hydrogen-bond donors (Lipinski definition) is 2. The van der Waals surface area contributed by atoms with Crippen molar-refractivity contribution in [2.45, 2.75) is 6.54 Å². The third kappa shape index (κ3) is 3.29. The van der Waals surface area contributed by atoms with Gasteiger partial charge in [-0.3, -0.25) is 0 Å². The van der Waals surface area contributed by atoms with Crippen molar-refractivity contribution in [1.82, 2.24) is 20.3 Å². The van der Waals surface area contributed by atoms with Gasteiger partial charge in [-0.25, -0.2) is 13.9 Å². The average molecular weight is 317 g/mol. The third-order valence-electron chi connectivity index (χ3n) is 2.86. The van der Waals surface area contributed by atoms with Crippen LogP contribution in [0, 0.1) is 5.82 Å². The smallest absolute Gasteiger partial charge is 0.319 e. The Balaban J connectivity index is 1.56. The number of halogens is 1. The van der Waals surface area contributed by atoms with Gasteiger partial charge in [0.2, 0.25) is 0 Å². The van der Waals surface area contributed by atoms with E-state index in [-0.39, 0.29) is 12.2 Å². The van der Waals surface area contributed by atoms with E-state index in [2.05, 4.69) is 20.9 Å². The molecule has 0 spiro atoms. The fourth-order valence-electron chi connectivity index (χ4n) is 1.79. The van der Waals surface area contributed by atoms with Gasteiger partial charge in [-0.05, 0) is 23.6 Å². The van der Waals surface area contributed by atoms with Crippen molar-refractivity contribution in [1.29, 1.82) is 0 Å². The Morgan fingerprint density at radius 2 is 2.18 bits per heavy atom. The quantitative estimate of drug-likeness (QED) is 0.777. The lowest BCUT2D eigenvalue weighted by Crippen LogP contribution is -2.28.